The number of esters is 1. The van der Waals surface area contributed by atoms with Crippen LogP contribution in [0.2, 0.25) is 0 Å². The van der Waals surface area contributed by atoms with E-state index >= 15 is 0 Å². The molecule has 0 heterocycles. The Bertz CT molecular complexity index is 2590. The maximum absolute atomic E-state index is 13.5. The average molecular weight is 923 g/mol. The predicted molar refractivity (Wildman–Crippen MR) is 282 cm³/mol. The van der Waals surface area contributed by atoms with Gasteiger partial charge in [-0.3, -0.25) is 0 Å². The molecular weight excluding hydrogens is 853 g/mol. The van der Waals surface area contributed by atoms with Gasteiger partial charge in [-0.1, -0.05) is 187 Å². The molecule has 0 saturated carbocycles. The van der Waals surface area contributed by atoms with Crippen LogP contribution in [0.25, 0.3) is 34.4 Å². The molecule has 0 saturated heterocycles. The summed E-state index contributed by atoms with van der Waals surface area (Å²) in [6.07, 6.45) is 26.0. The molecule has 69 heavy (non-hydrogen) atoms. The standard InChI is InChI=1S/C63H70O6/c1-3-5-7-9-11-13-45-65-56-36-32-52(33-37-56)50-28-23-48(24-29-50)18-17-47-67-69-59-22-16-20-55-42-44-63(62(55)59)43-41-54-19-15-21-58(61(54)63)68-60(64)40-27-49-25-30-51(31-26-49)53-34-38-57(39-35-53)66-46-14-12-10-8-6-4-2/h15-40H,3-14,41-47H2,1-2H3/b18-17+,40-27?. The zero-order valence-electron chi connectivity index (χ0n) is 40.9. The Morgan fingerprint density at radius 1 is 0.507 bits per heavy atom. The van der Waals surface area contributed by atoms with E-state index in [-0.39, 0.29) is 12.0 Å². The summed E-state index contributed by atoms with van der Waals surface area (Å²) in [5.41, 5.74) is 10.9. The van der Waals surface area contributed by atoms with Crippen molar-refractivity contribution in [3.05, 3.63) is 179 Å². The lowest BCUT2D eigenvalue weighted by Crippen LogP contribution is -2.24. The second-order valence-electron chi connectivity index (χ2n) is 18.7. The Morgan fingerprint density at radius 2 is 0.957 bits per heavy atom. The average Bonchev–Trinajstić information content (AvgIpc) is 3.97. The number of aryl methyl sites for hydroxylation is 2. The molecule has 1 unspecified atom stereocenters. The molecular formula is C63H70O6. The minimum atomic E-state index is -0.406. The van der Waals surface area contributed by atoms with Gasteiger partial charge < -0.3 is 19.1 Å². The third-order valence-electron chi connectivity index (χ3n) is 13.8. The molecule has 0 aliphatic heterocycles. The van der Waals surface area contributed by atoms with E-state index in [1.165, 1.54) is 81.4 Å². The van der Waals surface area contributed by atoms with E-state index in [0.717, 1.165) is 108 Å². The Balaban J connectivity index is 0.827. The summed E-state index contributed by atoms with van der Waals surface area (Å²) < 4.78 is 18.1. The number of fused-ring (bicyclic) bond motifs is 4. The number of hydrogen-bond acceptors (Lipinski definition) is 6. The topological polar surface area (TPSA) is 63.2 Å². The minimum absolute atomic E-state index is 0.287. The van der Waals surface area contributed by atoms with Gasteiger partial charge in [0.15, 0.2) is 5.75 Å². The normalized spacial score (nSPS) is 14.9. The number of benzene rings is 6. The Labute approximate surface area is 411 Å². The van der Waals surface area contributed by atoms with Crippen molar-refractivity contribution in [3.63, 3.8) is 0 Å². The van der Waals surface area contributed by atoms with Crippen LogP contribution in [0, 0.1) is 0 Å². The third-order valence-corrected chi connectivity index (χ3v) is 13.8. The van der Waals surface area contributed by atoms with Crippen molar-refractivity contribution in [2.75, 3.05) is 19.8 Å². The van der Waals surface area contributed by atoms with Crippen LogP contribution >= 0.6 is 0 Å². The molecule has 8 rings (SSSR count). The zero-order valence-corrected chi connectivity index (χ0v) is 40.9. The van der Waals surface area contributed by atoms with E-state index in [2.05, 4.69) is 98.8 Å². The Morgan fingerprint density at radius 3 is 1.48 bits per heavy atom. The van der Waals surface area contributed by atoms with Gasteiger partial charge in [-0.25, -0.2) is 4.79 Å². The van der Waals surface area contributed by atoms with E-state index in [1.54, 1.807) is 0 Å². The third kappa shape index (κ3) is 13.2. The number of carbonyl (C=O) groups excluding carboxylic acids is 1. The van der Waals surface area contributed by atoms with Crippen molar-refractivity contribution in [2.24, 2.45) is 0 Å². The molecule has 0 fully saturated rings. The first-order valence-corrected chi connectivity index (χ1v) is 25.8. The second-order valence-corrected chi connectivity index (χ2v) is 18.7. The molecule has 0 N–H and O–H groups in total. The molecule has 6 heteroatoms. The van der Waals surface area contributed by atoms with Crippen LogP contribution in [0.1, 0.15) is 137 Å². The van der Waals surface area contributed by atoms with E-state index < -0.39 is 5.97 Å². The van der Waals surface area contributed by atoms with Crippen molar-refractivity contribution in [1.29, 1.82) is 0 Å². The van der Waals surface area contributed by atoms with Crippen molar-refractivity contribution in [2.45, 2.75) is 122 Å². The molecule has 6 aromatic rings. The second kappa shape index (κ2) is 25.3. The van der Waals surface area contributed by atoms with Crippen molar-refractivity contribution < 1.29 is 28.8 Å². The van der Waals surface area contributed by atoms with Gasteiger partial charge in [-0.2, -0.15) is 4.89 Å². The molecule has 2 aliphatic carbocycles. The molecule has 0 aromatic heterocycles. The molecule has 358 valence electrons. The van der Waals surface area contributed by atoms with Gasteiger partial charge in [0.1, 0.15) is 23.9 Å². The fourth-order valence-electron chi connectivity index (χ4n) is 10.1. The molecule has 1 spiro atoms. The lowest BCUT2D eigenvalue weighted by Gasteiger charge is -2.29. The molecule has 0 amide bonds. The number of unbranched alkanes of at least 4 members (excludes halogenated alkanes) is 10. The van der Waals surface area contributed by atoms with Crippen LogP contribution in [0.3, 0.4) is 0 Å². The Kier molecular flexibility index (Phi) is 18.0. The van der Waals surface area contributed by atoms with Gasteiger partial charge in [0, 0.05) is 22.6 Å². The van der Waals surface area contributed by atoms with Crippen molar-refractivity contribution in [3.8, 4) is 45.3 Å². The van der Waals surface area contributed by atoms with Crippen LogP contribution in [-0.2, 0) is 27.9 Å². The monoisotopic (exact) mass is 923 g/mol. The highest BCUT2D eigenvalue weighted by Crippen LogP contribution is 2.57. The van der Waals surface area contributed by atoms with Gasteiger partial charge in [0.25, 0.3) is 0 Å². The summed E-state index contributed by atoms with van der Waals surface area (Å²) in [7, 11) is 0. The van der Waals surface area contributed by atoms with Crippen LogP contribution in [0.5, 0.6) is 23.0 Å². The predicted octanol–water partition coefficient (Wildman–Crippen LogP) is 16.3. The van der Waals surface area contributed by atoms with Crippen molar-refractivity contribution >= 4 is 18.1 Å². The summed E-state index contributed by atoms with van der Waals surface area (Å²) in [4.78, 5) is 25.4. The van der Waals surface area contributed by atoms with Crippen LogP contribution < -0.4 is 19.1 Å². The summed E-state index contributed by atoms with van der Waals surface area (Å²) >= 11 is 0. The lowest BCUT2D eigenvalue weighted by atomic mass is 9.76. The number of hydrogen-bond donors (Lipinski definition) is 0. The van der Waals surface area contributed by atoms with E-state index in [4.69, 9.17) is 24.0 Å². The molecule has 1 atom stereocenters. The Hall–Kier alpha value is -6.37. The van der Waals surface area contributed by atoms with E-state index in [9.17, 15) is 4.79 Å². The van der Waals surface area contributed by atoms with Crippen LogP contribution in [0.15, 0.2) is 146 Å². The van der Waals surface area contributed by atoms with E-state index in [0.29, 0.717) is 11.5 Å². The van der Waals surface area contributed by atoms with Crippen molar-refractivity contribution in [1.82, 2.24) is 0 Å². The molecule has 2 aliphatic rings. The highest BCUT2D eigenvalue weighted by Gasteiger charge is 2.49. The fraction of sp³-hybridized carbons (Fsp3) is 0.349. The summed E-state index contributed by atoms with van der Waals surface area (Å²) in [6.45, 7) is 6.31. The van der Waals surface area contributed by atoms with Gasteiger partial charge in [0.2, 0.25) is 0 Å². The zero-order chi connectivity index (χ0) is 47.5. The highest BCUT2D eigenvalue weighted by atomic mass is 17.2. The van der Waals surface area contributed by atoms with Gasteiger partial charge in [-0.15, -0.1) is 0 Å². The van der Waals surface area contributed by atoms with Gasteiger partial charge in [-0.05, 0) is 126 Å². The van der Waals surface area contributed by atoms with E-state index in [1.807, 2.05) is 66.8 Å². The molecule has 6 aromatic carbocycles. The maximum atomic E-state index is 13.5. The first kappa shape index (κ1) is 49.1. The summed E-state index contributed by atoms with van der Waals surface area (Å²) in [6, 6.07) is 45.7. The maximum Gasteiger partial charge on any atom is 0.336 e. The first-order valence-electron chi connectivity index (χ1n) is 25.8. The van der Waals surface area contributed by atoms with Gasteiger partial charge >= 0.3 is 5.97 Å². The summed E-state index contributed by atoms with van der Waals surface area (Å²) in [5, 5.41) is 0. The smallest absolute Gasteiger partial charge is 0.336 e. The largest absolute Gasteiger partial charge is 0.494 e. The first-order chi connectivity index (χ1) is 34.0. The number of carbonyl (C=O) groups is 1. The fourth-order valence-corrected chi connectivity index (χ4v) is 10.1. The number of rotatable bonds is 26. The molecule has 0 radical (unpaired) electrons. The SMILES string of the molecule is CCCCCCCCOc1ccc(-c2ccc(C=CC(=O)Oc3cccc4c3C3(CCc5cccc(OOC/C=C/c6ccc(-c7ccc(OCCCCCCCC)cc7)cc6)c53)CC4)cc2)cc1. The highest BCUT2D eigenvalue weighted by molar-refractivity contribution is 5.89. The number of ether oxygens (including phenoxy) is 3. The van der Waals surface area contributed by atoms with Gasteiger partial charge in [0.05, 0.1) is 13.2 Å². The van der Waals surface area contributed by atoms with Crippen LogP contribution in [-0.4, -0.2) is 25.8 Å². The lowest BCUT2D eigenvalue weighted by molar-refractivity contribution is -0.196. The molecule has 6 nitrogen and oxygen atoms in total. The molecule has 0 bridgehead atoms. The quantitative estimate of drug-likeness (QED) is 0.0135. The van der Waals surface area contributed by atoms with Crippen LogP contribution in [0.4, 0.5) is 0 Å². The summed E-state index contributed by atoms with van der Waals surface area (Å²) in [5.74, 6) is 2.74. The minimum Gasteiger partial charge on any atom is -0.494 e.